The molecule has 0 saturated heterocycles. The van der Waals surface area contributed by atoms with E-state index in [2.05, 4.69) is 31.3 Å². The zero-order valence-corrected chi connectivity index (χ0v) is 16.3. The van der Waals surface area contributed by atoms with E-state index in [1.807, 2.05) is 30.3 Å². The van der Waals surface area contributed by atoms with Gasteiger partial charge in [0.1, 0.15) is 18.1 Å². The van der Waals surface area contributed by atoms with Crippen molar-refractivity contribution in [2.45, 2.75) is 6.54 Å². The van der Waals surface area contributed by atoms with Gasteiger partial charge in [-0.2, -0.15) is 5.26 Å². The molecule has 2 aromatic carbocycles. The van der Waals surface area contributed by atoms with Crippen molar-refractivity contribution in [1.29, 1.82) is 5.26 Å². The summed E-state index contributed by atoms with van der Waals surface area (Å²) >= 11 is 3.40. The number of rotatable bonds is 7. The summed E-state index contributed by atoms with van der Waals surface area (Å²) in [6, 6.07) is 16.9. The third-order valence-corrected chi connectivity index (χ3v) is 4.17. The predicted molar refractivity (Wildman–Crippen MR) is 108 cm³/mol. The Labute approximate surface area is 170 Å². The summed E-state index contributed by atoms with van der Waals surface area (Å²) in [6.07, 6.45) is 4.64. The summed E-state index contributed by atoms with van der Waals surface area (Å²) in [5, 5.41) is 15.4. The van der Waals surface area contributed by atoms with Crippen LogP contribution in [0.25, 0.3) is 6.08 Å². The lowest BCUT2D eigenvalue weighted by atomic mass is 10.2. The van der Waals surface area contributed by atoms with Crippen LogP contribution in [-0.4, -0.2) is 27.3 Å². The van der Waals surface area contributed by atoms with Crippen molar-refractivity contribution < 1.29 is 9.53 Å². The fourth-order valence-corrected chi connectivity index (χ4v) is 2.58. The van der Waals surface area contributed by atoms with Crippen LogP contribution in [0.1, 0.15) is 11.1 Å². The van der Waals surface area contributed by atoms with E-state index in [1.54, 1.807) is 41.4 Å². The number of nitriles is 1. The highest BCUT2D eigenvalue weighted by molar-refractivity contribution is 9.10. The van der Waals surface area contributed by atoms with Crippen LogP contribution in [0.3, 0.4) is 0 Å². The van der Waals surface area contributed by atoms with Gasteiger partial charge in [0, 0.05) is 10.5 Å². The second-order valence-electron chi connectivity index (χ2n) is 5.73. The maximum atomic E-state index is 12.0. The molecule has 1 heterocycles. The Bertz CT molecular complexity index is 1000. The Morgan fingerprint density at radius 1 is 1.21 bits per heavy atom. The van der Waals surface area contributed by atoms with Crippen LogP contribution in [-0.2, 0) is 11.3 Å². The van der Waals surface area contributed by atoms with Gasteiger partial charge < -0.3 is 4.74 Å². The van der Waals surface area contributed by atoms with E-state index in [-0.39, 0.29) is 18.5 Å². The normalized spacial score (nSPS) is 10.6. The quantitative estimate of drug-likeness (QED) is 0.569. The van der Waals surface area contributed by atoms with Crippen LogP contribution >= 0.6 is 15.9 Å². The minimum Gasteiger partial charge on any atom is -0.479 e. The van der Waals surface area contributed by atoms with Gasteiger partial charge in [-0.15, -0.1) is 5.10 Å². The number of anilines is 1. The summed E-state index contributed by atoms with van der Waals surface area (Å²) in [6.45, 7) is 0.561. The average Bonchev–Trinajstić information content (AvgIpc) is 3.14. The Morgan fingerprint density at radius 2 is 1.96 bits per heavy atom. The number of nitrogens with zero attached hydrogens (tertiary/aromatic N) is 4. The fraction of sp³-hybridized carbons (Fsp3) is 0.100. The summed E-state index contributed by atoms with van der Waals surface area (Å²) in [5.74, 6) is 0.516. The lowest BCUT2D eigenvalue weighted by molar-refractivity contribution is -0.111. The third kappa shape index (κ3) is 5.79. The first-order valence-corrected chi connectivity index (χ1v) is 9.14. The summed E-state index contributed by atoms with van der Waals surface area (Å²) in [5.41, 5.74) is 1.90. The molecule has 0 aliphatic carbocycles. The van der Waals surface area contributed by atoms with Crippen molar-refractivity contribution in [3.8, 4) is 11.8 Å². The SMILES string of the molecule is N#CCOc1ccc(/C=C/C(=O)Nc2ncn(Cc3ccc(Br)cc3)n2)cc1. The van der Waals surface area contributed by atoms with Crippen LogP contribution in [0, 0.1) is 11.3 Å². The number of aromatic nitrogens is 3. The highest BCUT2D eigenvalue weighted by atomic mass is 79.9. The number of carbonyl (C=O) groups is 1. The highest BCUT2D eigenvalue weighted by Gasteiger charge is 2.04. The van der Waals surface area contributed by atoms with Gasteiger partial charge in [-0.1, -0.05) is 40.2 Å². The van der Waals surface area contributed by atoms with Crippen molar-refractivity contribution in [2.24, 2.45) is 0 Å². The Hall–Kier alpha value is -3.44. The monoisotopic (exact) mass is 437 g/mol. The summed E-state index contributed by atoms with van der Waals surface area (Å²) < 4.78 is 7.85. The van der Waals surface area contributed by atoms with E-state index in [0.29, 0.717) is 12.3 Å². The molecule has 0 saturated carbocycles. The molecule has 1 N–H and O–H groups in total. The maximum absolute atomic E-state index is 12.0. The van der Waals surface area contributed by atoms with Crippen LogP contribution in [0.4, 0.5) is 5.95 Å². The molecule has 28 heavy (non-hydrogen) atoms. The minimum atomic E-state index is -0.328. The molecule has 1 amide bonds. The number of nitrogens with one attached hydrogen (secondary N) is 1. The Morgan fingerprint density at radius 3 is 2.68 bits per heavy atom. The molecule has 1 aromatic heterocycles. The van der Waals surface area contributed by atoms with Crippen LogP contribution in [0.5, 0.6) is 5.75 Å². The van der Waals surface area contributed by atoms with Gasteiger partial charge in [0.25, 0.3) is 5.91 Å². The lowest BCUT2D eigenvalue weighted by Gasteiger charge is -2.01. The van der Waals surface area contributed by atoms with Crippen LogP contribution < -0.4 is 10.1 Å². The van der Waals surface area contributed by atoms with E-state index >= 15 is 0 Å². The summed E-state index contributed by atoms with van der Waals surface area (Å²) in [7, 11) is 0. The van der Waals surface area contributed by atoms with E-state index in [4.69, 9.17) is 10.00 Å². The fourth-order valence-electron chi connectivity index (χ4n) is 2.32. The first-order valence-electron chi connectivity index (χ1n) is 8.35. The molecule has 0 aliphatic rings. The highest BCUT2D eigenvalue weighted by Crippen LogP contribution is 2.13. The first kappa shape index (κ1) is 19.3. The van der Waals surface area contributed by atoms with Crippen molar-refractivity contribution in [3.63, 3.8) is 0 Å². The standard InChI is InChI=1S/C20H16BrN5O2/c21-17-6-1-16(2-7-17)13-26-14-23-20(25-26)24-19(27)10-5-15-3-8-18(9-4-15)28-12-11-22/h1-10,14H,12-13H2,(H,24,25,27)/b10-5+. The van der Waals surface area contributed by atoms with Gasteiger partial charge in [-0.05, 0) is 41.5 Å². The molecule has 0 bridgehead atoms. The molecule has 0 spiro atoms. The zero-order valence-electron chi connectivity index (χ0n) is 14.7. The largest absolute Gasteiger partial charge is 0.479 e. The number of benzene rings is 2. The van der Waals surface area contributed by atoms with Crippen molar-refractivity contribution in [1.82, 2.24) is 14.8 Å². The van der Waals surface area contributed by atoms with Gasteiger partial charge in [0.15, 0.2) is 6.61 Å². The molecule has 3 aromatic rings. The maximum Gasteiger partial charge on any atom is 0.250 e. The zero-order chi connectivity index (χ0) is 19.8. The van der Waals surface area contributed by atoms with E-state index in [0.717, 1.165) is 15.6 Å². The van der Waals surface area contributed by atoms with E-state index in [9.17, 15) is 4.79 Å². The molecule has 0 aliphatic heterocycles. The van der Waals surface area contributed by atoms with Crippen LogP contribution in [0.15, 0.2) is 65.4 Å². The minimum absolute atomic E-state index is 0.000934. The number of hydrogen-bond donors (Lipinski definition) is 1. The average molecular weight is 438 g/mol. The van der Waals surface area contributed by atoms with Crippen molar-refractivity contribution >= 4 is 33.9 Å². The Kier molecular flexibility index (Phi) is 6.54. The molecular formula is C20H16BrN5O2. The number of amides is 1. The van der Waals surface area contributed by atoms with Crippen molar-refractivity contribution in [3.05, 3.63) is 76.5 Å². The lowest BCUT2D eigenvalue weighted by Crippen LogP contribution is -2.10. The van der Waals surface area contributed by atoms with E-state index in [1.165, 1.54) is 6.08 Å². The van der Waals surface area contributed by atoms with Gasteiger partial charge in [-0.25, -0.2) is 9.67 Å². The second kappa shape index (κ2) is 9.48. The molecule has 140 valence electrons. The molecule has 7 nitrogen and oxygen atoms in total. The number of halogens is 1. The Balaban J connectivity index is 1.53. The van der Waals surface area contributed by atoms with Gasteiger partial charge in [0.2, 0.25) is 5.95 Å². The second-order valence-corrected chi connectivity index (χ2v) is 6.65. The van der Waals surface area contributed by atoms with E-state index < -0.39 is 0 Å². The molecule has 3 rings (SSSR count). The molecular weight excluding hydrogens is 422 g/mol. The topological polar surface area (TPSA) is 92.8 Å². The predicted octanol–water partition coefficient (Wildman–Crippen LogP) is 3.64. The first-order chi connectivity index (χ1) is 13.6. The number of carbonyl (C=O) groups excluding carboxylic acids is 1. The molecule has 8 heteroatoms. The molecule has 0 atom stereocenters. The number of ether oxygens (including phenoxy) is 1. The smallest absolute Gasteiger partial charge is 0.250 e. The molecule has 0 radical (unpaired) electrons. The summed E-state index contributed by atoms with van der Waals surface area (Å²) in [4.78, 5) is 16.1. The third-order valence-electron chi connectivity index (χ3n) is 3.64. The molecule has 0 fully saturated rings. The van der Waals surface area contributed by atoms with Crippen LogP contribution in [0.2, 0.25) is 0 Å². The van der Waals surface area contributed by atoms with Gasteiger partial charge in [0.05, 0.1) is 6.54 Å². The van der Waals surface area contributed by atoms with Crippen molar-refractivity contribution in [2.75, 3.05) is 11.9 Å². The van der Waals surface area contributed by atoms with Gasteiger partial charge >= 0.3 is 0 Å². The van der Waals surface area contributed by atoms with Gasteiger partial charge in [-0.3, -0.25) is 10.1 Å². The number of hydrogen-bond acceptors (Lipinski definition) is 5. The molecule has 0 unspecified atom stereocenters.